The lowest BCUT2D eigenvalue weighted by Crippen LogP contribution is -2.08. The largest absolute Gasteiger partial charge is 0.496 e. The van der Waals surface area contributed by atoms with Crippen molar-refractivity contribution in [3.8, 4) is 23.0 Å². The van der Waals surface area contributed by atoms with Gasteiger partial charge in [0.15, 0.2) is 0 Å². The molecule has 0 bridgehead atoms. The van der Waals surface area contributed by atoms with Crippen LogP contribution in [-0.2, 0) is 16.2 Å². The Morgan fingerprint density at radius 2 is 1.09 bits per heavy atom. The maximum absolute atomic E-state index is 12.7. The third-order valence-electron chi connectivity index (χ3n) is 9.64. The fourth-order valence-corrected chi connectivity index (χ4v) is 6.40. The summed E-state index contributed by atoms with van der Waals surface area (Å²) in [5, 5.41) is 11.3. The van der Waals surface area contributed by atoms with Gasteiger partial charge in [0, 0.05) is 36.1 Å². The third kappa shape index (κ3) is 18.3. The Bertz CT molecular complexity index is 1500. The molecule has 0 radical (unpaired) electrons. The van der Waals surface area contributed by atoms with Crippen LogP contribution in [0.5, 0.6) is 23.0 Å². The van der Waals surface area contributed by atoms with Crippen molar-refractivity contribution in [1.82, 2.24) is 0 Å². The number of hydrogen-bond acceptors (Lipinski definition) is 7. The highest BCUT2D eigenvalue weighted by molar-refractivity contribution is 5.73. The summed E-state index contributed by atoms with van der Waals surface area (Å²) in [5.41, 5.74) is 2.21. The zero-order valence-corrected chi connectivity index (χ0v) is 33.3. The normalized spacial score (nSPS) is 11.8. The first-order valence-electron chi connectivity index (χ1n) is 20.7. The number of carbonyl (C=O) groups is 2. The van der Waals surface area contributed by atoms with E-state index in [0.717, 1.165) is 44.1 Å². The molecule has 1 atom stereocenters. The van der Waals surface area contributed by atoms with E-state index in [9.17, 15) is 14.7 Å². The number of aliphatic hydroxyl groups is 1. The molecule has 0 saturated carbocycles. The average molecular weight is 743 g/mol. The number of benzene rings is 3. The van der Waals surface area contributed by atoms with Gasteiger partial charge in [0.05, 0.1) is 7.11 Å². The van der Waals surface area contributed by atoms with Crippen molar-refractivity contribution < 1.29 is 33.6 Å². The molecular weight excluding hydrogens is 677 g/mol. The molecule has 0 amide bonds. The molecule has 7 heteroatoms. The molecule has 296 valence electrons. The number of ether oxygens (including phenoxy) is 4. The van der Waals surface area contributed by atoms with Crippen LogP contribution in [0.25, 0.3) is 6.08 Å². The highest BCUT2D eigenvalue weighted by Crippen LogP contribution is 2.33. The van der Waals surface area contributed by atoms with Gasteiger partial charge in [-0.05, 0) is 42.7 Å². The number of esters is 2. The first kappa shape index (κ1) is 44.3. The van der Waals surface area contributed by atoms with Crippen molar-refractivity contribution in [1.29, 1.82) is 0 Å². The van der Waals surface area contributed by atoms with Crippen LogP contribution in [0.1, 0.15) is 165 Å². The van der Waals surface area contributed by atoms with Gasteiger partial charge < -0.3 is 24.1 Å². The fourth-order valence-electron chi connectivity index (χ4n) is 6.40. The second-order valence-corrected chi connectivity index (χ2v) is 14.3. The first-order chi connectivity index (χ1) is 26.4. The molecule has 7 nitrogen and oxygen atoms in total. The average Bonchev–Trinajstić information content (AvgIpc) is 3.18. The standard InChI is InChI=1S/C47H66O7/c1-4-6-8-10-12-14-16-18-23-27-46(49)53-40-31-29-39(44(35-40)51-3)30-34-43(48)42-33-32-41(36-45(42)52-37-38-25-21-20-22-26-38)54-47(50)28-24-19-17-15-13-11-9-7-5-2/h20-22,25-26,29-36,43,48H,4-19,23-24,27-28,37H2,1-3H3. The zero-order chi connectivity index (χ0) is 38.6. The summed E-state index contributed by atoms with van der Waals surface area (Å²) in [7, 11) is 1.56. The van der Waals surface area contributed by atoms with Crippen LogP contribution in [-0.4, -0.2) is 24.2 Å². The lowest BCUT2D eigenvalue weighted by molar-refractivity contribution is -0.135. The molecule has 0 aromatic heterocycles. The molecule has 1 unspecified atom stereocenters. The summed E-state index contributed by atoms with van der Waals surface area (Å²) in [6, 6.07) is 20.1. The molecule has 0 aliphatic heterocycles. The molecule has 1 N–H and O–H groups in total. The van der Waals surface area contributed by atoms with Crippen molar-refractivity contribution in [3.05, 3.63) is 89.5 Å². The van der Waals surface area contributed by atoms with Gasteiger partial charge in [-0.1, -0.05) is 159 Å². The second-order valence-electron chi connectivity index (χ2n) is 14.3. The molecule has 3 aromatic rings. The Hall–Kier alpha value is -4.10. The Morgan fingerprint density at radius 1 is 0.611 bits per heavy atom. The Morgan fingerprint density at radius 3 is 1.61 bits per heavy atom. The van der Waals surface area contributed by atoms with Crippen LogP contribution in [0.4, 0.5) is 0 Å². The van der Waals surface area contributed by atoms with E-state index in [0.29, 0.717) is 47.0 Å². The molecule has 0 heterocycles. The number of carbonyl (C=O) groups excluding carboxylic acids is 2. The van der Waals surface area contributed by atoms with Gasteiger partial charge >= 0.3 is 11.9 Å². The second kappa shape index (κ2) is 27.5. The monoisotopic (exact) mass is 742 g/mol. The van der Waals surface area contributed by atoms with Gasteiger partial charge in [-0.25, -0.2) is 0 Å². The summed E-state index contributed by atoms with van der Waals surface area (Å²) in [4.78, 5) is 25.2. The number of unbranched alkanes of at least 4 members (excludes halogenated alkanes) is 16. The fraction of sp³-hybridized carbons (Fsp3) is 0.532. The van der Waals surface area contributed by atoms with E-state index in [2.05, 4.69) is 13.8 Å². The molecule has 3 rings (SSSR count). The van der Waals surface area contributed by atoms with Crippen molar-refractivity contribution in [2.24, 2.45) is 0 Å². The Balaban J connectivity index is 1.56. The van der Waals surface area contributed by atoms with Crippen LogP contribution in [0, 0.1) is 0 Å². The number of hydrogen-bond donors (Lipinski definition) is 1. The molecule has 0 aliphatic rings. The number of aliphatic hydroxyl groups excluding tert-OH is 1. The van der Waals surface area contributed by atoms with Gasteiger partial charge in [-0.3, -0.25) is 9.59 Å². The van der Waals surface area contributed by atoms with Crippen molar-refractivity contribution in [3.63, 3.8) is 0 Å². The van der Waals surface area contributed by atoms with Crippen LogP contribution in [0.3, 0.4) is 0 Å². The van der Waals surface area contributed by atoms with Crippen LogP contribution in [0.15, 0.2) is 72.8 Å². The SMILES string of the molecule is CCCCCCCCCCCC(=O)Oc1ccc(C=CC(O)c2ccc(OC(=O)CCCCCCCCCCC)cc2OCc2ccccc2)c(OC)c1. The molecule has 3 aromatic carbocycles. The summed E-state index contributed by atoms with van der Waals surface area (Å²) in [5.74, 6) is 1.21. The maximum atomic E-state index is 12.7. The van der Waals surface area contributed by atoms with Gasteiger partial charge in [-0.15, -0.1) is 0 Å². The minimum Gasteiger partial charge on any atom is -0.496 e. The molecule has 0 aliphatic carbocycles. The molecule has 0 spiro atoms. The van der Waals surface area contributed by atoms with Gasteiger partial charge in [0.2, 0.25) is 0 Å². The van der Waals surface area contributed by atoms with E-state index in [-0.39, 0.29) is 18.5 Å². The zero-order valence-electron chi connectivity index (χ0n) is 33.3. The highest BCUT2D eigenvalue weighted by atomic mass is 16.5. The van der Waals surface area contributed by atoms with Gasteiger partial charge in [-0.2, -0.15) is 0 Å². The lowest BCUT2D eigenvalue weighted by atomic mass is 10.1. The van der Waals surface area contributed by atoms with Crippen LogP contribution >= 0.6 is 0 Å². The van der Waals surface area contributed by atoms with Gasteiger partial charge in [0.25, 0.3) is 0 Å². The number of methoxy groups -OCH3 is 1. The van der Waals surface area contributed by atoms with Crippen LogP contribution < -0.4 is 18.9 Å². The van der Waals surface area contributed by atoms with E-state index in [1.807, 2.05) is 30.3 Å². The topological polar surface area (TPSA) is 91.3 Å². The van der Waals surface area contributed by atoms with E-state index in [1.165, 1.54) is 77.0 Å². The Labute approximate surface area is 325 Å². The minimum atomic E-state index is -1.03. The van der Waals surface area contributed by atoms with E-state index in [1.54, 1.807) is 55.7 Å². The Kier molecular flexibility index (Phi) is 22.5. The summed E-state index contributed by atoms with van der Waals surface area (Å²) < 4.78 is 23.1. The predicted octanol–water partition coefficient (Wildman–Crippen LogP) is 12.7. The molecular formula is C47H66O7. The highest BCUT2D eigenvalue weighted by Gasteiger charge is 2.16. The molecule has 0 saturated heterocycles. The van der Waals surface area contributed by atoms with Crippen molar-refractivity contribution in [2.45, 2.75) is 155 Å². The van der Waals surface area contributed by atoms with E-state index in [4.69, 9.17) is 18.9 Å². The predicted molar refractivity (Wildman–Crippen MR) is 219 cm³/mol. The lowest BCUT2D eigenvalue weighted by Gasteiger charge is -2.16. The van der Waals surface area contributed by atoms with Crippen molar-refractivity contribution >= 4 is 18.0 Å². The smallest absolute Gasteiger partial charge is 0.311 e. The first-order valence-corrected chi connectivity index (χ1v) is 20.7. The number of rotatable bonds is 29. The van der Waals surface area contributed by atoms with E-state index < -0.39 is 6.10 Å². The maximum Gasteiger partial charge on any atom is 0.311 e. The van der Waals surface area contributed by atoms with Gasteiger partial charge in [0.1, 0.15) is 35.7 Å². The minimum absolute atomic E-state index is 0.251. The summed E-state index contributed by atoms with van der Waals surface area (Å²) in [6.07, 6.45) is 24.5. The molecule has 54 heavy (non-hydrogen) atoms. The van der Waals surface area contributed by atoms with E-state index >= 15 is 0 Å². The quantitative estimate of drug-likeness (QED) is 0.0430. The van der Waals surface area contributed by atoms with Crippen LogP contribution in [0.2, 0.25) is 0 Å². The van der Waals surface area contributed by atoms with Crippen molar-refractivity contribution in [2.75, 3.05) is 7.11 Å². The third-order valence-corrected chi connectivity index (χ3v) is 9.64. The summed E-state index contributed by atoms with van der Waals surface area (Å²) in [6.45, 7) is 4.75. The molecule has 0 fully saturated rings. The summed E-state index contributed by atoms with van der Waals surface area (Å²) >= 11 is 0.